The van der Waals surface area contributed by atoms with Crippen LogP contribution < -0.4 is 15.0 Å². The Morgan fingerprint density at radius 2 is 1.93 bits per heavy atom. The Balaban J connectivity index is 1.25. The lowest BCUT2D eigenvalue weighted by molar-refractivity contribution is -0.00718. The second kappa shape index (κ2) is 17.0. The maximum atomic E-state index is 6.71. The third kappa shape index (κ3) is 9.46. The van der Waals surface area contributed by atoms with E-state index in [-0.39, 0.29) is 24.0 Å². The van der Waals surface area contributed by atoms with E-state index in [0.29, 0.717) is 39.1 Å². The molecular weight excluding hydrogens is 572 g/mol. The van der Waals surface area contributed by atoms with Gasteiger partial charge in [0.2, 0.25) is 0 Å². The average Bonchev–Trinajstić information content (AvgIpc) is 3.61. The van der Waals surface area contributed by atoms with Crippen LogP contribution in [0.25, 0.3) is 0 Å². The predicted octanol–water partition coefficient (Wildman–Crippen LogP) is 4.60. The summed E-state index contributed by atoms with van der Waals surface area (Å²) in [5.41, 5.74) is 4.73. The molecule has 2 aromatic carbocycles. The van der Waals surface area contributed by atoms with Crippen LogP contribution in [0.15, 0.2) is 42.5 Å². The van der Waals surface area contributed by atoms with Crippen molar-refractivity contribution in [2.45, 2.75) is 83.3 Å². The van der Waals surface area contributed by atoms with E-state index >= 15 is 0 Å². The largest absolute Gasteiger partial charge is 0.490 e. The summed E-state index contributed by atoms with van der Waals surface area (Å²) in [7, 11) is 1.75. The number of rotatable bonds is 17. The van der Waals surface area contributed by atoms with Crippen LogP contribution in [-0.2, 0) is 32.2 Å². The number of nitrogens with zero attached hydrogens (tertiary/aromatic N) is 4. The van der Waals surface area contributed by atoms with Crippen molar-refractivity contribution in [2.24, 2.45) is 0 Å². The first-order chi connectivity index (χ1) is 22.0. The van der Waals surface area contributed by atoms with Crippen LogP contribution in [0.3, 0.4) is 0 Å². The normalized spacial score (nSPS) is 21.2. The number of tetrazole rings is 1. The van der Waals surface area contributed by atoms with Crippen LogP contribution in [0.4, 0.5) is 5.69 Å². The number of aromatic nitrogens is 4. The molecule has 1 fully saturated rings. The summed E-state index contributed by atoms with van der Waals surface area (Å²) < 4.78 is 29.4. The Kier molecular flexibility index (Phi) is 12.6. The number of methoxy groups -OCH3 is 1. The van der Waals surface area contributed by atoms with Crippen molar-refractivity contribution in [1.29, 1.82) is 0 Å². The molecule has 246 valence electrons. The summed E-state index contributed by atoms with van der Waals surface area (Å²) in [5, 5.41) is 18.5. The highest BCUT2D eigenvalue weighted by Gasteiger charge is 2.33. The molecule has 0 amide bonds. The Morgan fingerprint density at radius 3 is 2.71 bits per heavy atom. The number of H-pyrrole nitrogens is 1. The van der Waals surface area contributed by atoms with Crippen molar-refractivity contribution < 1.29 is 23.7 Å². The summed E-state index contributed by atoms with van der Waals surface area (Å²) in [6.45, 7) is 12.6. The third-order valence-corrected chi connectivity index (χ3v) is 8.74. The van der Waals surface area contributed by atoms with Crippen LogP contribution in [0, 0.1) is 0 Å². The lowest BCUT2D eigenvalue weighted by Crippen LogP contribution is -2.47. The van der Waals surface area contributed by atoms with Gasteiger partial charge < -0.3 is 33.9 Å². The average molecular weight is 623 g/mol. The van der Waals surface area contributed by atoms with E-state index in [4.69, 9.17) is 23.7 Å². The minimum absolute atomic E-state index is 0.0287. The number of hydrogen-bond acceptors (Lipinski definition) is 10. The number of fused-ring (bicyclic) bond motifs is 1. The van der Waals surface area contributed by atoms with E-state index in [2.05, 4.69) is 80.2 Å². The van der Waals surface area contributed by atoms with E-state index < -0.39 is 0 Å². The van der Waals surface area contributed by atoms with Gasteiger partial charge in [0.1, 0.15) is 12.4 Å². The number of piperidine rings is 1. The van der Waals surface area contributed by atoms with Gasteiger partial charge in [0.15, 0.2) is 5.82 Å². The van der Waals surface area contributed by atoms with E-state index in [9.17, 15) is 0 Å². The van der Waals surface area contributed by atoms with Crippen molar-refractivity contribution in [3.8, 4) is 5.75 Å². The van der Waals surface area contributed by atoms with Gasteiger partial charge in [0, 0.05) is 51.3 Å². The van der Waals surface area contributed by atoms with Crippen LogP contribution in [0.1, 0.15) is 74.4 Å². The topological polar surface area (TPSA) is 116 Å². The maximum absolute atomic E-state index is 6.71. The molecule has 0 bridgehead atoms. The summed E-state index contributed by atoms with van der Waals surface area (Å²) in [4.78, 5) is 2.39. The maximum Gasteiger partial charge on any atom is 0.177 e. The molecule has 3 heterocycles. The Bertz CT molecular complexity index is 1280. The van der Waals surface area contributed by atoms with Gasteiger partial charge in [-0.05, 0) is 61.9 Å². The van der Waals surface area contributed by atoms with Gasteiger partial charge in [0.25, 0.3) is 0 Å². The second-order valence-electron chi connectivity index (χ2n) is 12.2. The van der Waals surface area contributed by atoms with E-state index in [1.807, 2.05) is 13.8 Å². The fraction of sp³-hybridized carbons (Fsp3) is 0.618. The van der Waals surface area contributed by atoms with E-state index in [0.717, 1.165) is 73.9 Å². The van der Waals surface area contributed by atoms with Crippen LogP contribution >= 0.6 is 0 Å². The quantitative estimate of drug-likeness (QED) is 0.207. The molecule has 1 saturated heterocycles. The second-order valence-corrected chi connectivity index (χ2v) is 12.2. The number of anilines is 1. The first-order valence-corrected chi connectivity index (χ1v) is 16.4. The van der Waals surface area contributed by atoms with Crippen molar-refractivity contribution in [3.05, 3.63) is 65.0 Å². The molecule has 45 heavy (non-hydrogen) atoms. The van der Waals surface area contributed by atoms with Crippen molar-refractivity contribution in [1.82, 2.24) is 25.9 Å². The number of hydrogen-bond donors (Lipinski definition) is 2. The molecule has 0 saturated carbocycles. The molecular formula is C34H50N6O5. The zero-order chi connectivity index (χ0) is 31.4. The highest BCUT2D eigenvalue weighted by molar-refractivity contribution is 5.61. The fourth-order valence-corrected chi connectivity index (χ4v) is 6.36. The SMILES string of the molecule is CCO[C@H](C)COCc1ccc([C@H]2C[C@H](C[C@@H](C)c3nn[nH]n3)NC[C@@H]2OCc2ccc3c(c2)N(CCCOC)CCO3)cc1. The van der Waals surface area contributed by atoms with Gasteiger partial charge in [-0.2, -0.15) is 5.21 Å². The molecule has 1 aromatic heterocycles. The molecule has 5 atom stereocenters. The molecule has 2 aliphatic rings. The van der Waals surface area contributed by atoms with Gasteiger partial charge in [-0.3, -0.25) is 0 Å². The smallest absolute Gasteiger partial charge is 0.177 e. The number of nitrogens with one attached hydrogen (secondary N) is 2. The first-order valence-electron chi connectivity index (χ1n) is 16.4. The third-order valence-electron chi connectivity index (χ3n) is 8.74. The molecule has 0 aliphatic carbocycles. The van der Waals surface area contributed by atoms with Crippen LogP contribution in [0.2, 0.25) is 0 Å². The molecule has 11 nitrogen and oxygen atoms in total. The minimum Gasteiger partial charge on any atom is -0.490 e. The highest BCUT2D eigenvalue weighted by atomic mass is 16.5. The van der Waals surface area contributed by atoms with Crippen LogP contribution in [0.5, 0.6) is 5.75 Å². The van der Waals surface area contributed by atoms with E-state index in [1.54, 1.807) is 7.11 Å². The minimum atomic E-state index is 0.0287. The molecule has 2 aliphatic heterocycles. The van der Waals surface area contributed by atoms with Gasteiger partial charge in [-0.1, -0.05) is 42.5 Å². The highest BCUT2D eigenvalue weighted by Crippen LogP contribution is 2.36. The Labute approximate surface area is 267 Å². The molecule has 11 heteroatoms. The number of aromatic amines is 1. The van der Waals surface area contributed by atoms with Crippen LogP contribution in [-0.4, -0.2) is 92.0 Å². The zero-order valence-corrected chi connectivity index (χ0v) is 27.2. The van der Waals surface area contributed by atoms with Crippen molar-refractivity contribution in [3.63, 3.8) is 0 Å². The monoisotopic (exact) mass is 622 g/mol. The lowest BCUT2D eigenvalue weighted by atomic mass is 9.81. The molecule has 0 unspecified atom stereocenters. The summed E-state index contributed by atoms with van der Waals surface area (Å²) in [6, 6.07) is 15.6. The van der Waals surface area contributed by atoms with Gasteiger partial charge in [-0.25, -0.2) is 0 Å². The number of benzene rings is 2. The fourth-order valence-electron chi connectivity index (χ4n) is 6.36. The molecule has 3 aromatic rings. The summed E-state index contributed by atoms with van der Waals surface area (Å²) in [6.07, 6.45) is 2.99. The van der Waals surface area contributed by atoms with Gasteiger partial charge >= 0.3 is 0 Å². The standard InChI is InChI=1S/C34H50N6O5/c1-5-43-25(3)21-42-22-26-7-10-28(11-8-26)30-19-29(17-24(2)34-36-38-39-37-34)35-20-33(30)45-23-27-9-12-32-31(18-27)40(14-16-44-32)13-6-15-41-4/h7-12,18,24-25,29-30,33,35H,5-6,13-17,19-23H2,1-4H3,(H,36,37,38,39)/t24-,25-,29+,30-,33+/m1/s1. The molecule has 0 spiro atoms. The molecule has 0 radical (unpaired) electrons. The van der Waals surface area contributed by atoms with Gasteiger partial charge in [0.05, 0.1) is 44.3 Å². The summed E-state index contributed by atoms with van der Waals surface area (Å²) in [5.74, 6) is 2.13. The van der Waals surface area contributed by atoms with Gasteiger partial charge in [-0.15, -0.1) is 10.2 Å². The number of ether oxygens (including phenoxy) is 5. The Hall–Kier alpha value is -3.09. The molecule has 5 rings (SSSR count). The van der Waals surface area contributed by atoms with Crippen molar-refractivity contribution >= 4 is 5.69 Å². The van der Waals surface area contributed by atoms with E-state index in [1.165, 1.54) is 5.56 Å². The lowest BCUT2D eigenvalue weighted by Gasteiger charge is -2.38. The zero-order valence-electron chi connectivity index (χ0n) is 27.2. The Morgan fingerprint density at radius 1 is 1.09 bits per heavy atom. The molecule has 2 N–H and O–H groups in total. The summed E-state index contributed by atoms with van der Waals surface area (Å²) >= 11 is 0. The first kappa shape index (κ1) is 33.3. The predicted molar refractivity (Wildman–Crippen MR) is 173 cm³/mol. The van der Waals surface area contributed by atoms with Crippen molar-refractivity contribution in [2.75, 3.05) is 58.1 Å².